The maximum atomic E-state index is 12.1. The molecule has 0 bridgehead atoms. The van der Waals surface area contributed by atoms with Crippen molar-refractivity contribution in [1.29, 1.82) is 0 Å². The summed E-state index contributed by atoms with van der Waals surface area (Å²) in [4.78, 5) is 15.2. The lowest BCUT2D eigenvalue weighted by atomic mass is 10.1. The molecule has 0 aliphatic carbocycles. The quantitative estimate of drug-likeness (QED) is 0.536. The van der Waals surface area contributed by atoms with Gasteiger partial charge in [-0.2, -0.15) is 0 Å². The van der Waals surface area contributed by atoms with Crippen LogP contribution in [0.1, 0.15) is 30.1 Å². The number of nitrogen functional groups attached to an aromatic ring is 1. The number of ether oxygens (including phenoxy) is 1. The van der Waals surface area contributed by atoms with Gasteiger partial charge in [-0.1, -0.05) is 6.92 Å². The molecular weight excluding hydrogens is 254 g/mol. The van der Waals surface area contributed by atoms with Gasteiger partial charge in [0.05, 0.1) is 5.56 Å². The van der Waals surface area contributed by atoms with E-state index in [1.54, 1.807) is 12.3 Å². The molecule has 4 N–H and O–H groups in total. The van der Waals surface area contributed by atoms with E-state index >= 15 is 0 Å². The van der Waals surface area contributed by atoms with Gasteiger partial charge in [-0.3, -0.25) is 4.79 Å². The van der Waals surface area contributed by atoms with Gasteiger partial charge >= 0.3 is 0 Å². The van der Waals surface area contributed by atoms with Gasteiger partial charge in [0.2, 0.25) is 0 Å². The van der Waals surface area contributed by atoms with E-state index in [9.17, 15) is 4.79 Å². The number of H-pyrrole nitrogens is 1. The molecule has 1 aromatic carbocycles. The SMILES string of the molecule is CCCOCCCNC(=O)c1c[nH]c2cc(N)ccc12. The van der Waals surface area contributed by atoms with E-state index in [4.69, 9.17) is 10.5 Å². The van der Waals surface area contributed by atoms with Crippen LogP contribution in [0.4, 0.5) is 5.69 Å². The number of amides is 1. The third-order valence-corrected chi connectivity index (χ3v) is 3.05. The molecule has 0 radical (unpaired) electrons. The van der Waals surface area contributed by atoms with Gasteiger partial charge in [-0.15, -0.1) is 0 Å². The highest BCUT2D eigenvalue weighted by Gasteiger charge is 2.11. The summed E-state index contributed by atoms with van der Waals surface area (Å²) in [6.45, 7) is 4.14. The number of fused-ring (bicyclic) bond motifs is 1. The number of anilines is 1. The van der Waals surface area contributed by atoms with Crippen molar-refractivity contribution in [3.8, 4) is 0 Å². The van der Waals surface area contributed by atoms with E-state index in [2.05, 4.69) is 17.2 Å². The number of nitrogens with one attached hydrogen (secondary N) is 2. The number of carbonyl (C=O) groups excluding carboxylic acids is 1. The molecule has 0 aliphatic heterocycles. The Balaban J connectivity index is 1.88. The molecule has 1 amide bonds. The molecule has 0 spiro atoms. The molecular formula is C15H21N3O2. The molecule has 0 unspecified atom stereocenters. The molecule has 1 aromatic heterocycles. The molecule has 108 valence electrons. The summed E-state index contributed by atoms with van der Waals surface area (Å²) >= 11 is 0. The first-order chi connectivity index (χ1) is 9.72. The summed E-state index contributed by atoms with van der Waals surface area (Å²) in [5, 5.41) is 3.79. The molecule has 5 heteroatoms. The van der Waals surface area contributed by atoms with Gasteiger partial charge < -0.3 is 20.8 Å². The summed E-state index contributed by atoms with van der Waals surface area (Å²) < 4.78 is 5.37. The predicted octanol–water partition coefficient (Wildman–Crippen LogP) is 2.30. The first-order valence-electron chi connectivity index (χ1n) is 6.95. The van der Waals surface area contributed by atoms with Gasteiger partial charge in [0.1, 0.15) is 0 Å². The van der Waals surface area contributed by atoms with Crippen LogP contribution in [0.25, 0.3) is 10.9 Å². The summed E-state index contributed by atoms with van der Waals surface area (Å²) in [5.41, 5.74) is 7.92. The highest BCUT2D eigenvalue weighted by atomic mass is 16.5. The van der Waals surface area contributed by atoms with E-state index in [0.717, 1.165) is 30.4 Å². The molecule has 2 rings (SSSR count). The highest BCUT2D eigenvalue weighted by molar-refractivity contribution is 6.07. The van der Waals surface area contributed by atoms with E-state index in [-0.39, 0.29) is 5.91 Å². The lowest BCUT2D eigenvalue weighted by molar-refractivity contribution is 0.0943. The predicted molar refractivity (Wildman–Crippen MR) is 80.8 cm³/mol. The van der Waals surface area contributed by atoms with Crippen molar-refractivity contribution in [2.75, 3.05) is 25.5 Å². The second kappa shape index (κ2) is 6.96. The molecule has 0 saturated carbocycles. The van der Waals surface area contributed by atoms with Crippen molar-refractivity contribution in [3.63, 3.8) is 0 Å². The average Bonchev–Trinajstić information content (AvgIpc) is 2.85. The van der Waals surface area contributed by atoms with Crippen LogP contribution in [0.5, 0.6) is 0 Å². The number of hydrogen-bond acceptors (Lipinski definition) is 3. The van der Waals surface area contributed by atoms with Crippen LogP contribution in [0.2, 0.25) is 0 Å². The Labute approximate surface area is 118 Å². The lowest BCUT2D eigenvalue weighted by Crippen LogP contribution is -2.25. The fourth-order valence-corrected chi connectivity index (χ4v) is 2.05. The second-order valence-corrected chi connectivity index (χ2v) is 4.73. The number of benzene rings is 1. The first kappa shape index (κ1) is 14.4. The molecule has 1 heterocycles. The summed E-state index contributed by atoms with van der Waals surface area (Å²) in [6.07, 6.45) is 3.55. The zero-order chi connectivity index (χ0) is 14.4. The number of aromatic nitrogens is 1. The molecule has 2 aromatic rings. The van der Waals surface area contributed by atoms with E-state index in [1.165, 1.54) is 0 Å². The Kier molecular flexibility index (Phi) is 5.01. The van der Waals surface area contributed by atoms with Crippen LogP contribution in [-0.2, 0) is 4.74 Å². The second-order valence-electron chi connectivity index (χ2n) is 4.73. The third-order valence-electron chi connectivity index (χ3n) is 3.05. The standard InChI is InChI=1S/C15H21N3O2/c1-2-7-20-8-3-6-17-15(19)13-10-18-14-9-11(16)4-5-12(13)14/h4-5,9-10,18H,2-3,6-8,16H2,1H3,(H,17,19). The Morgan fingerprint density at radius 1 is 1.40 bits per heavy atom. The summed E-state index contributed by atoms with van der Waals surface area (Å²) in [6, 6.07) is 5.48. The maximum Gasteiger partial charge on any atom is 0.253 e. The van der Waals surface area contributed by atoms with Crippen molar-refractivity contribution in [2.45, 2.75) is 19.8 Å². The molecule has 0 fully saturated rings. The zero-order valence-electron chi connectivity index (χ0n) is 11.7. The topological polar surface area (TPSA) is 80.1 Å². The fraction of sp³-hybridized carbons (Fsp3) is 0.400. The monoisotopic (exact) mass is 275 g/mol. The van der Waals surface area contributed by atoms with Crippen molar-refractivity contribution in [1.82, 2.24) is 10.3 Å². The molecule has 0 aliphatic rings. The van der Waals surface area contributed by atoms with Crippen molar-refractivity contribution >= 4 is 22.5 Å². The van der Waals surface area contributed by atoms with Crippen molar-refractivity contribution in [2.24, 2.45) is 0 Å². The van der Waals surface area contributed by atoms with Crippen LogP contribution in [0.3, 0.4) is 0 Å². The minimum atomic E-state index is -0.0727. The molecule has 0 atom stereocenters. The number of hydrogen-bond donors (Lipinski definition) is 3. The van der Waals surface area contributed by atoms with Gasteiger partial charge in [0.25, 0.3) is 5.91 Å². The van der Waals surface area contributed by atoms with Gasteiger partial charge in [0, 0.05) is 42.5 Å². The largest absolute Gasteiger partial charge is 0.399 e. The van der Waals surface area contributed by atoms with Gasteiger partial charge in [-0.05, 0) is 31.0 Å². The Hall–Kier alpha value is -2.01. The number of carbonyl (C=O) groups is 1. The molecule has 5 nitrogen and oxygen atoms in total. The van der Waals surface area contributed by atoms with Gasteiger partial charge in [0.15, 0.2) is 0 Å². The maximum absolute atomic E-state index is 12.1. The fourth-order valence-electron chi connectivity index (χ4n) is 2.05. The van der Waals surface area contributed by atoms with Gasteiger partial charge in [-0.25, -0.2) is 0 Å². The van der Waals surface area contributed by atoms with Crippen LogP contribution in [-0.4, -0.2) is 30.6 Å². The highest BCUT2D eigenvalue weighted by Crippen LogP contribution is 2.20. The van der Waals surface area contributed by atoms with Crippen molar-refractivity contribution < 1.29 is 9.53 Å². The lowest BCUT2D eigenvalue weighted by Gasteiger charge is -2.05. The molecule has 0 saturated heterocycles. The smallest absolute Gasteiger partial charge is 0.253 e. The van der Waals surface area contributed by atoms with E-state index < -0.39 is 0 Å². The Bertz CT molecular complexity index is 578. The van der Waals surface area contributed by atoms with E-state index in [1.807, 2.05) is 12.1 Å². The normalized spacial score (nSPS) is 10.8. The number of rotatable bonds is 7. The summed E-state index contributed by atoms with van der Waals surface area (Å²) in [7, 11) is 0. The Morgan fingerprint density at radius 3 is 3.05 bits per heavy atom. The van der Waals surface area contributed by atoms with Crippen molar-refractivity contribution in [3.05, 3.63) is 30.0 Å². The number of nitrogens with two attached hydrogens (primary N) is 1. The van der Waals surface area contributed by atoms with Crippen LogP contribution in [0, 0.1) is 0 Å². The first-order valence-corrected chi connectivity index (χ1v) is 6.95. The van der Waals surface area contributed by atoms with Crippen LogP contribution >= 0.6 is 0 Å². The Morgan fingerprint density at radius 2 is 2.25 bits per heavy atom. The average molecular weight is 275 g/mol. The minimum Gasteiger partial charge on any atom is -0.399 e. The number of aromatic amines is 1. The summed E-state index contributed by atoms with van der Waals surface area (Å²) in [5.74, 6) is -0.0727. The molecule has 20 heavy (non-hydrogen) atoms. The van der Waals surface area contributed by atoms with Crippen LogP contribution in [0.15, 0.2) is 24.4 Å². The minimum absolute atomic E-state index is 0.0727. The zero-order valence-corrected chi connectivity index (χ0v) is 11.7. The third kappa shape index (κ3) is 3.51. The van der Waals surface area contributed by atoms with Crippen LogP contribution < -0.4 is 11.1 Å². The van der Waals surface area contributed by atoms with E-state index in [0.29, 0.717) is 24.4 Å².